The van der Waals surface area contributed by atoms with Crippen LogP contribution >= 0.6 is 0 Å². The van der Waals surface area contributed by atoms with Gasteiger partial charge in [0.1, 0.15) is 0 Å². The molecule has 0 atom stereocenters. The molecule has 0 amide bonds. The molecule has 0 aliphatic heterocycles. The Labute approximate surface area is 98.3 Å². The van der Waals surface area contributed by atoms with E-state index in [1.54, 1.807) is 6.20 Å². The minimum atomic E-state index is -0.461. The van der Waals surface area contributed by atoms with Crippen LogP contribution in [0.15, 0.2) is 18.5 Å². The Hall–Kier alpha value is -1.33. The van der Waals surface area contributed by atoms with Crippen LogP contribution in [0.25, 0.3) is 0 Å². The number of hydrogen-bond acceptors (Lipinski definition) is 2. The van der Waals surface area contributed by atoms with Crippen molar-refractivity contribution in [1.29, 1.82) is 0 Å². The van der Waals surface area contributed by atoms with Gasteiger partial charge in [0, 0.05) is 18.0 Å². The van der Waals surface area contributed by atoms with Gasteiger partial charge in [-0.2, -0.15) is 0 Å². The first-order valence-electron chi connectivity index (χ1n) is 5.46. The molecule has 0 saturated carbocycles. The van der Waals surface area contributed by atoms with Crippen LogP contribution in [0.4, 0.5) is 0 Å². The van der Waals surface area contributed by atoms with Crippen molar-refractivity contribution in [1.82, 2.24) is 4.98 Å². The van der Waals surface area contributed by atoms with Crippen molar-refractivity contribution in [3.05, 3.63) is 29.6 Å². The Bertz CT molecular complexity index is 423. The van der Waals surface area contributed by atoms with E-state index < -0.39 is 5.54 Å². The first-order chi connectivity index (χ1) is 7.18. The Morgan fingerprint density at radius 3 is 2.25 bits per heavy atom. The summed E-state index contributed by atoms with van der Waals surface area (Å²) < 4.78 is 0. The summed E-state index contributed by atoms with van der Waals surface area (Å²) in [6.07, 6.45) is 3.66. The Kier molecular flexibility index (Phi) is 3.40. The van der Waals surface area contributed by atoms with Gasteiger partial charge in [-0.15, -0.1) is 0 Å². The third-order valence-electron chi connectivity index (χ3n) is 2.13. The van der Waals surface area contributed by atoms with Crippen LogP contribution in [0.3, 0.4) is 0 Å². The van der Waals surface area contributed by atoms with Gasteiger partial charge in [0.05, 0.1) is 5.54 Å². The Morgan fingerprint density at radius 1 is 1.12 bits per heavy atom. The average molecular weight is 216 g/mol. The van der Waals surface area contributed by atoms with Crippen LogP contribution in [0.2, 0.25) is 0 Å². The van der Waals surface area contributed by atoms with Crippen molar-refractivity contribution in [3.8, 4) is 11.8 Å². The van der Waals surface area contributed by atoms with Crippen molar-refractivity contribution in [2.45, 2.75) is 45.6 Å². The summed E-state index contributed by atoms with van der Waals surface area (Å²) in [6.45, 7) is 10.3. The molecule has 2 N–H and O–H groups in total. The molecule has 0 spiro atoms. The molecule has 0 aliphatic carbocycles. The van der Waals surface area contributed by atoms with Gasteiger partial charge in [-0.25, -0.2) is 0 Å². The van der Waals surface area contributed by atoms with Gasteiger partial charge in [-0.05, 0) is 30.9 Å². The lowest BCUT2D eigenvalue weighted by Crippen LogP contribution is -2.29. The quantitative estimate of drug-likeness (QED) is 0.677. The highest BCUT2D eigenvalue weighted by atomic mass is 14.7. The molecule has 1 heterocycles. The van der Waals surface area contributed by atoms with Gasteiger partial charge < -0.3 is 5.73 Å². The van der Waals surface area contributed by atoms with Crippen molar-refractivity contribution in [2.75, 3.05) is 0 Å². The molecule has 0 saturated heterocycles. The molecule has 1 rings (SSSR count). The number of hydrogen-bond donors (Lipinski definition) is 1. The van der Waals surface area contributed by atoms with Crippen LogP contribution in [-0.4, -0.2) is 10.5 Å². The third-order valence-corrected chi connectivity index (χ3v) is 2.13. The van der Waals surface area contributed by atoms with Gasteiger partial charge in [0.2, 0.25) is 0 Å². The molecule has 0 radical (unpaired) electrons. The van der Waals surface area contributed by atoms with E-state index in [0.29, 0.717) is 0 Å². The monoisotopic (exact) mass is 216 g/mol. The number of nitrogens with two attached hydrogens (primary N) is 1. The van der Waals surface area contributed by atoms with Gasteiger partial charge in [-0.3, -0.25) is 4.98 Å². The van der Waals surface area contributed by atoms with Gasteiger partial charge in [0.25, 0.3) is 0 Å². The van der Waals surface area contributed by atoms with Crippen molar-refractivity contribution >= 4 is 0 Å². The molecular formula is C14H20N2. The highest BCUT2D eigenvalue weighted by Gasteiger charge is 2.13. The number of rotatable bonds is 0. The van der Waals surface area contributed by atoms with Gasteiger partial charge >= 0.3 is 0 Å². The van der Waals surface area contributed by atoms with Crippen molar-refractivity contribution in [2.24, 2.45) is 5.73 Å². The highest BCUT2D eigenvalue weighted by molar-refractivity contribution is 5.38. The maximum absolute atomic E-state index is 5.81. The van der Waals surface area contributed by atoms with Gasteiger partial charge in [-0.1, -0.05) is 32.6 Å². The molecule has 86 valence electrons. The molecule has 2 nitrogen and oxygen atoms in total. The van der Waals surface area contributed by atoms with Crippen LogP contribution in [-0.2, 0) is 5.41 Å². The van der Waals surface area contributed by atoms with E-state index in [-0.39, 0.29) is 5.41 Å². The van der Waals surface area contributed by atoms with Crippen LogP contribution in [0, 0.1) is 11.8 Å². The van der Waals surface area contributed by atoms with E-state index in [1.165, 1.54) is 5.56 Å². The predicted octanol–water partition coefficient (Wildman–Crippen LogP) is 2.47. The zero-order valence-corrected chi connectivity index (χ0v) is 10.8. The minimum absolute atomic E-state index is 0.100. The summed E-state index contributed by atoms with van der Waals surface area (Å²) in [5, 5.41) is 0. The van der Waals surface area contributed by atoms with Crippen LogP contribution < -0.4 is 5.73 Å². The number of aromatic nitrogens is 1. The molecular weight excluding hydrogens is 196 g/mol. The van der Waals surface area contributed by atoms with E-state index in [4.69, 9.17) is 5.73 Å². The normalized spacial score (nSPS) is 11.9. The van der Waals surface area contributed by atoms with Crippen LogP contribution in [0.5, 0.6) is 0 Å². The van der Waals surface area contributed by atoms with E-state index in [9.17, 15) is 0 Å². The van der Waals surface area contributed by atoms with E-state index in [1.807, 2.05) is 20.0 Å². The summed E-state index contributed by atoms with van der Waals surface area (Å²) in [6, 6.07) is 2.08. The predicted molar refractivity (Wildman–Crippen MR) is 68.1 cm³/mol. The molecule has 0 aromatic carbocycles. The standard InChI is InChI=1S/C14H20N2/c1-13(2,3)12-8-11(9-16-10-12)6-7-14(4,5)15/h8-10H,15H2,1-5H3. The van der Waals surface area contributed by atoms with Crippen molar-refractivity contribution < 1.29 is 0 Å². The summed E-state index contributed by atoms with van der Waals surface area (Å²) in [5.74, 6) is 6.06. The lowest BCUT2D eigenvalue weighted by atomic mass is 9.88. The summed E-state index contributed by atoms with van der Waals surface area (Å²) in [4.78, 5) is 4.21. The lowest BCUT2D eigenvalue weighted by molar-refractivity contribution is 0.587. The second kappa shape index (κ2) is 4.27. The average Bonchev–Trinajstić information content (AvgIpc) is 2.13. The summed E-state index contributed by atoms with van der Waals surface area (Å²) in [5.41, 5.74) is 7.56. The zero-order chi connectivity index (χ0) is 12.4. The molecule has 0 aliphatic rings. The lowest BCUT2D eigenvalue weighted by Gasteiger charge is -2.18. The molecule has 2 heteroatoms. The number of nitrogens with zero attached hydrogens (tertiary/aromatic N) is 1. The third kappa shape index (κ3) is 4.04. The largest absolute Gasteiger partial charge is 0.316 e. The topological polar surface area (TPSA) is 38.9 Å². The van der Waals surface area contributed by atoms with E-state index >= 15 is 0 Å². The fourth-order valence-corrected chi connectivity index (χ4v) is 1.15. The van der Waals surface area contributed by atoms with Gasteiger partial charge in [0.15, 0.2) is 0 Å². The fourth-order valence-electron chi connectivity index (χ4n) is 1.15. The molecule has 1 aromatic rings. The summed E-state index contributed by atoms with van der Waals surface area (Å²) in [7, 11) is 0. The second-order valence-electron chi connectivity index (χ2n) is 5.68. The molecule has 0 fully saturated rings. The maximum Gasteiger partial charge on any atom is 0.0722 e. The molecule has 0 unspecified atom stereocenters. The smallest absolute Gasteiger partial charge is 0.0722 e. The molecule has 16 heavy (non-hydrogen) atoms. The Balaban J connectivity index is 3.04. The van der Waals surface area contributed by atoms with Crippen LogP contribution in [0.1, 0.15) is 45.7 Å². The maximum atomic E-state index is 5.81. The number of pyridine rings is 1. The zero-order valence-electron chi connectivity index (χ0n) is 10.8. The highest BCUT2D eigenvalue weighted by Crippen LogP contribution is 2.21. The second-order valence-corrected chi connectivity index (χ2v) is 5.68. The molecule has 1 aromatic heterocycles. The van der Waals surface area contributed by atoms with E-state index in [2.05, 4.69) is 43.7 Å². The fraction of sp³-hybridized carbons (Fsp3) is 0.500. The molecule has 0 bridgehead atoms. The summed E-state index contributed by atoms with van der Waals surface area (Å²) >= 11 is 0. The van der Waals surface area contributed by atoms with Crippen molar-refractivity contribution in [3.63, 3.8) is 0 Å². The first kappa shape index (κ1) is 12.7. The minimum Gasteiger partial charge on any atom is -0.316 e. The Morgan fingerprint density at radius 2 is 1.75 bits per heavy atom. The first-order valence-corrected chi connectivity index (χ1v) is 5.46. The van der Waals surface area contributed by atoms with E-state index in [0.717, 1.165) is 5.56 Å². The SMILES string of the molecule is CC(C)(N)C#Cc1cncc(C(C)(C)C)c1.